The third-order valence-corrected chi connectivity index (χ3v) is 1.77. The van der Waals surface area contributed by atoms with Gasteiger partial charge in [-0.15, -0.1) is 0 Å². The highest BCUT2D eigenvalue weighted by Crippen LogP contribution is 2.00. The zero-order valence-corrected chi connectivity index (χ0v) is 6.86. The van der Waals surface area contributed by atoms with Crippen LogP contribution in [0.25, 0.3) is 0 Å². The minimum absolute atomic E-state index is 0.157. The molecule has 0 saturated heterocycles. The van der Waals surface area contributed by atoms with Gasteiger partial charge in [0.1, 0.15) is 0 Å². The molecule has 2 nitrogen and oxygen atoms in total. The van der Waals surface area contributed by atoms with Crippen LogP contribution in [0.5, 0.6) is 0 Å². The Morgan fingerprint density at radius 1 is 1.33 bits per heavy atom. The minimum atomic E-state index is -0.592. The van der Waals surface area contributed by atoms with Crippen molar-refractivity contribution in [2.24, 2.45) is 0 Å². The van der Waals surface area contributed by atoms with Crippen molar-refractivity contribution in [2.75, 3.05) is 0 Å². The minimum Gasteiger partial charge on any atom is -0.425 e. The Hall–Kier alpha value is -0.413. The average molecular weight is 142 g/mol. The lowest BCUT2D eigenvalue weighted by atomic mass is 10.2. The first-order valence-electron chi connectivity index (χ1n) is 2.68. The summed E-state index contributed by atoms with van der Waals surface area (Å²) < 4.78 is 0. The molecule has 0 saturated carbocycles. The van der Waals surface area contributed by atoms with Crippen LogP contribution in [0.3, 0.4) is 0 Å². The lowest BCUT2D eigenvalue weighted by Crippen LogP contribution is -2.09. The van der Waals surface area contributed by atoms with E-state index in [9.17, 15) is 4.79 Å². The molecule has 0 aliphatic heterocycles. The van der Waals surface area contributed by atoms with E-state index in [0.29, 0.717) is 5.57 Å². The predicted molar refractivity (Wildman–Crippen MR) is 37.0 cm³/mol. The second-order valence-corrected chi connectivity index (χ2v) is 2.74. The molecule has 0 aromatic rings. The molecule has 0 atom stereocenters. The predicted octanol–water partition coefficient (Wildman–Crippen LogP) is 0.481. The molecule has 0 heterocycles. The van der Waals surface area contributed by atoms with Crippen LogP contribution in [0.4, 0.5) is 0 Å². The maximum atomic E-state index is 10.7. The molecule has 0 aromatic heterocycles. The van der Waals surface area contributed by atoms with Crippen LogP contribution in [0.2, 0.25) is 0 Å². The summed E-state index contributed by atoms with van der Waals surface area (Å²) in [4.78, 5) is 19.1. The van der Waals surface area contributed by atoms with Crippen LogP contribution in [-0.2, 0) is 4.79 Å². The molecule has 50 valence electrons. The first-order valence-corrected chi connectivity index (χ1v) is 3.62. The van der Waals surface area contributed by atoms with E-state index in [0.717, 1.165) is 5.57 Å². The van der Waals surface area contributed by atoms with Crippen LogP contribution in [-0.4, -0.2) is 20.0 Å². The topological polar surface area (TPSA) is 37.3 Å². The van der Waals surface area contributed by atoms with Crippen LogP contribution in [0.1, 0.15) is 20.8 Å². The lowest BCUT2D eigenvalue weighted by molar-refractivity contribution is -0.109. The van der Waals surface area contributed by atoms with Crippen molar-refractivity contribution in [3.63, 3.8) is 0 Å². The van der Waals surface area contributed by atoms with Gasteiger partial charge < -0.3 is 4.80 Å². The Balaban J connectivity index is 4.21. The van der Waals surface area contributed by atoms with Crippen LogP contribution < -0.4 is 0 Å². The van der Waals surface area contributed by atoms with Crippen molar-refractivity contribution < 1.29 is 9.59 Å². The molecule has 0 aliphatic carbocycles. The third-order valence-electron chi connectivity index (χ3n) is 1.19. The second kappa shape index (κ2) is 3.58. The zero-order chi connectivity index (χ0) is 7.44. The van der Waals surface area contributed by atoms with Gasteiger partial charge in [0.25, 0.3) is 0 Å². The van der Waals surface area contributed by atoms with Crippen molar-refractivity contribution in [1.29, 1.82) is 0 Å². The van der Waals surface area contributed by atoms with Gasteiger partial charge in [-0.3, -0.25) is 4.79 Å². The molecular weight excluding hydrogens is 132 g/mol. The Bertz CT molecular complexity index is 145. The van der Waals surface area contributed by atoms with Gasteiger partial charge in [0, 0.05) is 0 Å². The molecule has 0 spiro atoms. The SMILES string of the molecule is CC(C)=C(C)C(=O)[Si]O. The van der Waals surface area contributed by atoms with Crippen molar-refractivity contribution in [3.05, 3.63) is 11.1 Å². The third kappa shape index (κ3) is 2.58. The summed E-state index contributed by atoms with van der Waals surface area (Å²) in [6, 6.07) is 0. The maximum absolute atomic E-state index is 10.7. The van der Waals surface area contributed by atoms with Gasteiger partial charge in [0.2, 0.25) is 0 Å². The molecule has 0 aromatic carbocycles. The number of carbonyl (C=O) groups excluding carboxylic acids is 1. The van der Waals surface area contributed by atoms with E-state index in [-0.39, 0.29) is 5.41 Å². The van der Waals surface area contributed by atoms with E-state index in [4.69, 9.17) is 4.80 Å². The van der Waals surface area contributed by atoms with Gasteiger partial charge in [-0.25, -0.2) is 0 Å². The van der Waals surface area contributed by atoms with E-state index in [2.05, 4.69) is 0 Å². The molecular formula is C6H10O2Si. The van der Waals surface area contributed by atoms with E-state index < -0.39 is 9.76 Å². The monoisotopic (exact) mass is 142 g/mol. The fraction of sp³-hybridized carbons (Fsp3) is 0.500. The Kier molecular flexibility index (Phi) is 3.42. The summed E-state index contributed by atoms with van der Waals surface area (Å²) in [6.07, 6.45) is 0. The van der Waals surface area contributed by atoms with E-state index >= 15 is 0 Å². The van der Waals surface area contributed by atoms with Crippen molar-refractivity contribution >= 4 is 15.2 Å². The number of allylic oxidation sites excluding steroid dienone is 2. The molecule has 0 rings (SSSR count). The molecule has 0 amide bonds. The summed E-state index contributed by atoms with van der Waals surface area (Å²) >= 11 is 0. The number of carbonyl (C=O) groups is 1. The zero-order valence-electron chi connectivity index (χ0n) is 5.86. The summed E-state index contributed by atoms with van der Waals surface area (Å²) in [5.74, 6) is 0. The Morgan fingerprint density at radius 2 is 1.78 bits per heavy atom. The quantitative estimate of drug-likeness (QED) is 0.450. The highest BCUT2D eigenvalue weighted by atomic mass is 28.2. The normalized spacial score (nSPS) is 8.89. The Labute approximate surface area is 57.5 Å². The number of hydrogen-bond donors (Lipinski definition) is 1. The highest BCUT2D eigenvalue weighted by Gasteiger charge is 2.04. The van der Waals surface area contributed by atoms with E-state index in [1.54, 1.807) is 6.92 Å². The van der Waals surface area contributed by atoms with Crippen molar-refractivity contribution in [3.8, 4) is 0 Å². The van der Waals surface area contributed by atoms with Crippen LogP contribution in [0.15, 0.2) is 11.1 Å². The molecule has 0 unspecified atom stereocenters. The fourth-order valence-electron chi connectivity index (χ4n) is 0.311. The van der Waals surface area contributed by atoms with Crippen molar-refractivity contribution in [1.82, 2.24) is 0 Å². The van der Waals surface area contributed by atoms with Crippen molar-refractivity contribution in [2.45, 2.75) is 20.8 Å². The average Bonchev–Trinajstić information content (AvgIpc) is 1.84. The summed E-state index contributed by atoms with van der Waals surface area (Å²) in [5, 5.41) is -0.157. The first kappa shape index (κ1) is 8.59. The highest BCUT2D eigenvalue weighted by molar-refractivity contribution is 6.71. The molecule has 0 bridgehead atoms. The second-order valence-electron chi connectivity index (χ2n) is 2.07. The fourth-order valence-corrected chi connectivity index (χ4v) is 0.729. The molecule has 1 N–H and O–H groups in total. The van der Waals surface area contributed by atoms with Gasteiger partial charge in [0.05, 0.1) is 0 Å². The smallest absolute Gasteiger partial charge is 0.319 e. The van der Waals surface area contributed by atoms with Gasteiger partial charge in [-0.2, -0.15) is 0 Å². The van der Waals surface area contributed by atoms with Gasteiger partial charge in [0.15, 0.2) is 5.41 Å². The lowest BCUT2D eigenvalue weighted by Gasteiger charge is -1.96. The molecule has 0 aliphatic rings. The van der Waals surface area contributed by atoms with Gasteiger partial charge in [-0.05, 0) is 26.3 Å². The largest absolute Gasteiger partial charge is 0.425 e. The summed E-state index contributed by atoms with van der Waals surface area (Å²) in [5.41, 5.74) is 1.65. The molecule has 3 heteroatoms. The summed E-state index contributed by atoms with van der Waals surface area (Å²) in [7, 11) is -0.592. The van der Waals surface area contributed by atoms with E-state index in [1.807, 2.05) is 13.8 Å². The van der Waals surface area contributed by atoms with E-state index in [1.165, 1.54) is 0 Å². The standard InChI is InChI=1S/C6H10O2Si/c1-4(2)5(3)6(7)9-8/h8H,1-3H3. The Morgan fingerprint density at radius 3 is 1.89 bits per heavy atom. The molecule has 0 fully saturated rings. The molecule has 9 heavy (non-hydrogen) atoms. The first-order chi connectivity index (χ1) is 4.09. The number of rotatable bonds is 2. The van der Waals surface area contributed by atoms with Gasteiger partial charge in [-0.1, -0.05) is 5.57 Å². The number of hydrogen-bond acceptors (Lipinski definition) is 2. The van der Waals surface area contributed by atoms with Crippen LogP contribution in [0, 0.1) is 0 Å². The van der Waals surface area contributed by atoms with Gasteiger partial charge >= 0.3 is 9.76 Å². The molecule has 2 radical (unpaired) electrons. The van der Waals surface area contributed by atoms with Crippen LogP contribution >= 0.6 is 0 Å². The summed E-state index contributed by atoms with van der Waals surface area (Å²) in [6.45, 7) is 5.43. The maximum Gasteiger partial charge on any atom is 0.319 e.